The summed E-state index contributed by atoms with van der Waals surface area (Å²) in [5.41, 5.74) is 10.6. The Morgan fingerprint density at radius 3 is 2.83 bits per heavy atom. The van der Waals surface area contributed by atoms with Crippen LogP contribution in [0, 0.1) is 6.92 Å². The molecule has 182 valence electrons. The number of aromatic nitrogens is 3. The van der Waals surface area contributed by atoms with Gasteiger partial charge in [0.15, 0.2) is 11.3 Å². The molecule has 4 aromatic rings. The lowest BCUT2D eigenvalue weighted by Crippen LogP contribution is -2.39. The van der Waals surface area contributed by atoms with Gasteiger partial charge >= 0.3 is 0 Å². The van der Waals surface area contributed by atoms with E-state index in [1.807, 2.05) is 75.5 Å². The van der Waals surface area contributed by atoms with Crippen LogP contribution in [-0.4, -0.2) is 39.1 Å². The molecule has 2 aromatic heterocycles. The van der Waals surface area contributed by atoms with Crippen LogP contribution in [0.1, 0.15) is 30.5 Å². The fourth-order valence-electron chi connectivity index (χ4n) is 4.33. The number of anilines is 2. The van der Waals surface area contributed by atoms with Gasteiger partial charge < -0.3 is 20.1 Å². The summed E-state index contributed by atoms with van der Waals surface area (Å²) in [5, 5.41) is 10.6. The fraction of sp³-hybridized carbons (Fsp3) is 0.231. The minimum atomic E-state index is -1.08. The number of hydrogen-bond acceptors (Lipinski definition) is 9. The van der Waals surface area contributed by atoms with Crippen molar-refractivity contribution < 1.29 is 9.47 Å². The first-order valence-electron chi connectivity index (χ1n) is 11.6. The number of aryl methyl sites for hydroxylation is 1. The molecule has 1 unspecified atom stereocenters. The van der Waals surface area contributed by atoms with Crippen LogP contribution < -0.4 is 21.1 Å². The van der Waals surface area contributed by atoms with Crippen LogP contribution >= 0.6 is 0 Å². The number of ether oxygens (including phenoxy) is 2. The summed E-state index contributed by atoms with van der Waals surface area (Å²) < 4.78 is 13.5. The lowest BCUT2D eigenvalue weighted by molar-refractivity contribution is 0.278. The van der Waals surface area contributed by atoms with E-state index in [1.165, 1.54) is 6.33 Å². The summed E-state index contributed by atoms with van der Waals surface area (Å²) in [7, 11) is 0. The molecule has 0 saturated carbocycles. The zero-order chi connectivity index (χ0) is 24.9. The van der Waals surface area contributed by atoms with Gasteiger partial charge in [-0.2, -0.15) is 5.10 Å². The molecule has 0 fully saturated rings. The van der Waals surface area contributed by atoms with Crippen molar-refractivity contribution in [1.29, 1.82) is 0 Å². The van der Waals surface area contributed by atoms with Crippen molar-refractivity contribution in [2.75, 3.05) is 17.2 Å². The number of benzene rings is 2. The average molecular weight is 483 g/mol. The number of aliphatic imine (C=N–C) groups is 2. The molecule has 2 aliphatic rings. The maximum absolute atomic E-state index is 6.95. The monoisotopic (exact) mass is 482 g/mol. The average Bonchev–Trinajstić information content (AvgIpc) is 3.46. The van der Waals surface area contributed by atoms with Crippen LogP contribution in [0.15, 0.2) is 71.0 Å². The van der Waals surface area contributed by atoms with E-state index in [4.69, 9.17) is 15.2 Å². The number of nitrogens with zero attached hydrogens (tertiary/aromatic N) is 5. The van der Waals surface area contributed by atoms with Gasteiger partial charge in [0, 0.05) is 29.2 Å². The Labute approximate surface area is 207 Å². The van der Waals surface area contributed by atoms with Crippen molar-refractivity contribution in [1.82, 2.24) is 14.6 Å². The van der Waals surface area contributed by atoms with Crippen molar-refractivity contribution in [2.45, 2.75) is 32.0 Å². The molecule has 1 atom stereocenters. The Morgan fingerprint density at radius 2 is 2.03 bits per heavy atom. The highest BCUT2D eigenvalue weighted by Crippen LogP contribution is 2.39. The number of rotatable bonds is 4. The van der Waals surface area contributed by atoms with Crippen LogP contribution in [0.5, 0.6) is 11.5 Å². The summed E-state index contributed by atoms with van der Waals surface area (Å²) in [6.45, 7) is 6.58. The highest BCUT2D eigenvalue weighted by molar-refractivity contribution is 5.92. The first-order chi connectivity index (χ1) is 17.3. The Morgan fingerprint density at radius 1 is 1.14 bits per heavy atom. The molecule has 10 heteroatoms. The number of hydrogen-bond donors (Lipinski definition) is 3. The second-order valence-electron chi connectivity index (χ2n) is 9.58. The molecule has 2 aromatic carbocycles. The molecular formula is C26H26N8O2. The van der Waals surface area contributed by atoms with Crippen LogP contribution in [0.2, 0.25) is 0 Å². The number of nitrogens with two attached hydrogens (primary N) is 1. The number of amidine groups is 1. The summed E-state index contributed by atoms with van der Waals surface area (Å²) in [4.78, 5) is 13.4. The first-order valence-corrected chi connectivity index (χ1v) is 11.6. The van der Waals surface area contributed by atoms with E-state index in [-0.39, 0.29) is 5.54 Å². The zero-order valence-corrected chi connectivity index (χ0v) is 20.2. The molecule has 36 heavy (non-hydrogen) atoms. The molecule has 4 heterocycles. The van der Waals surface area contributed by atoms with Crippen molar-refractivity contribution in [2.24, 2.45) is 15.7 Å². The highest BCUT2D eigenvalue weighted by Gasteiger charge is 2.34. The molecule has 0 saturated heterocycles. The lowest BCUT2D eigenvalue weighted by Gasteiger charge is -2.32. The zero-order valence-electron chi connectivity index (χ0n) is 20.2. The number of pyridine rings is 1. The Kier molecular flexibility index (Phi) is 4.94. The van der Waals surface area contributed by atoms with Gasteiger partial charge in [0.25, 0.3) is 6.02 Å². The van der Waals surface area contributed by atoms with Crippen molar-refractivity contribution >= 4 is 29.4 Å². The molecule has 0 spiro atoms. The molecule has 4 N–H and O–H groups in total. The Bertz CT molecular complexity index is 1540. The van der Waals surface area contributed by atoms with E-state index >= 15 is 0 Å². The minimum absolute atomic E-state index is 0.247. The molecule has 10 nitrogen and oxygen atoms in total. The summed E-state index contributed by atoms with van der Waals surface area (Å²) in [6, 6.07) is 15.9. The van der Waals surface area contributed by atoms with E-state index in [0.717, 1.165) is 33.8 Å². The standard InChI is InChI=1S/C26H26N8O2/c1-16-10-17(4-7-22(16)36-19-8-9-34-23(12-19)29-15-31-34)26(27)20-11-18(5-6-21(20)28-14-30-26)32-24-33-25(2,3)13-35-24/h4-12,14-15H,13,27H2,1-3H3,(H,28,30)(H,32,33). The molecule has 0 radical (unpaired) electrons. The second-order valence-corrected chi connectivity index (χ2v) is 9.58. The van der Waals surface area contributed by atoms with Crippen LogP contribution in [0.25, 0.3) is 5.65 Å². The Hall–Kier alpha value is -4.44. The smallest absolute Gasteiger partial charge is 0.289 e. The number of nitrogens with one attached hydrogen (secondary N) is 2. The topological polar surface area (TPSA) is 123 Å². The molecule has 0 aliphatic carbocycles. The first kappa shape index (κ1) is 22.1. The molecule has 0 amide bonds. The second kappa shape index (κ2) is 8.06. The van der Waals surface area contributed by atoms with Gasteiger partial charge in [0.2, 0.25) is 0 Å². The summed E-state index contributed by atoms with van der Waals surface area (Å²) in [6.07, 6.45) is 4.95. The SMILES string of the molecule is Cc1cc(C2(N)N=CNc3ccc(NC4=NC(C)(C)CO4)cc32)ccc1Oc1ccn2ncnc2c1. The van der Waals surface area contributed by atoms with Crippen molar-refractivity contribution in [3.8, 4) is 11.5 Å². The third-order valence-corrected chi connectivity index (χ3v) is 6.23. The van der Waals surface area contributed by atoms with E-state index in [9.17, 15) is 0 Å². The fourth-order valence-corrected chi connectivity index (χ4v) is 4.33. The quantitative estimate of drug-likeness (QED) is 0.401. The van der Waals surface area contributed by atoms with Gasteiger partial charge in [-0.1, -0.05) is 6.07 Å². The van der Waals surface area contributed by atoms with Crippen molar-refractivity contribution in [3.63, 3.8) is 0 Å². The third kappa shape index (κ3) is 3.91. The lowest BCUT2D eigenvalue weighted by atomic mass is 9.89. The largest absolute Gasteiger partial charge is 0.462 e. The molecule has 2 aliphatic heterocycles. The normalized spacial score (nSPS) is 19.8. The molecular weight excluding hydrogens is 456 g/mol. The van der Waals surface area contributed by atoms with Gasteiger partial charge in [-0.05, 0) is 68.3 Å². The van der Waals surface area contributed by atoms with Gasteiger partial charge in [0.05, 0.1) is 11.9 Å². The van der Waals surface area contributed by atoms with Gasteiger partial charge in [0.1, 0.15) is 24.4 Å². The van der Waals surface area contributed by atoms with Crippen LogP contribution in [0.3, 0.4) is 0 Å². The van der Waals surface area contributed by atoms with E-state index in [2.05, 4.69) is 30.7 Å². The van der Waals surface area contributed by atoms with E-state index in [1.54, 1.807) is 10.9 Å². The maximum atomic E-state index is 6.95. The van der Waals surface area contributed by atoms with E-state index < -0.39 is 5.66 Å². The molecule has 6 rings (SSSR count). The van der Waals surface area contributed by atoms with Gasteiger partial charge in [-0.3, -0.25) is 5.73 Å². The van der Waals surface area contributed by atoms with Gasteiger partial charge in [-0.15, -0.1) is 0 Å². The highest BCUT2D eigenvalue weighted by atomic mass is 16.5. The van der Waals surface area contributed by atoms with Crippen molar-refractivity contribution in [3.05, 3.63) is 77.7 Å². The predicted octanol–water partition coefficient (Wildman–Crippen LogP) is 4.02. The van der Waals surface area contributed by atoms with Gasteiger partial charge in [-0.25, -0.2) is 19.5 Å². The summed E-state index contributed by atoms with van der Waals surface area (Å²) in [5.74, 6) is 1.40. The maximum Gasteiger partial charge on any atom is 0.289 e. The predicted molar refractivity (Wildman–Crippen MR) is 139 cm³/mol. The third-order valence-electron chi connectivity index (χ3n) is 6.23. The van der Waals surface area contributed by atoms with Crippen LogP contribution in [0.4, 0.5) is 11.4 Å². The molecule has 0 bridgehead atoms. The minimum Gasteiger partial charge on any atom is -0.462 e. The van der Waals surface area contributed by atoms with E-state index in [0.29, 0.717) is 24.0 Å². The summed E-state index contributed by atoms with van der Waals surface area (Å²) >= 11 is 0. The van der Waals surface area contributed by atoms with Crippen LogP contribution in [-0.2, 0) is 10.4 Å². The number of fused-ring (bicyclic) bond motifs is 2. The Balaban J connectivity index is 1.30.